The maximum Gasteiger partial charge on any atom is 0.246 e. The van der Waals surface area contributed by atoms with Crippen molar-refractivity contribution in [2.75, 3.05) is 7.05 Å². The van der Waals surface area contributed by atoms with Gasteiger partial charge in [-0.1, -0.05) is 18.0 Å². The predicted octanol–water partition coefficient (Wildman–Crippen LogP) is 1.91. The topological polar surface area (TPSA) is 50.3 Å². The van der Waals surface area contributed by atoms with Gasteiger partial charge in [0.15, 0.2) is 0 Å². The average Bonchev–Trinajstić information content (AvgIpc) is 2.15. The van der Waals surface area contributed by atoms with Gasteiger partial charge in [-0.25, -0.2) is 13.4 Å². The molecule has 1 saturated carbocycles. The van der Waals surface area contributed by atoms with Gasteiger partial charge in [-0.15, -0.1) is 0 Å². The lowest BCUT2D eigenvalue weighted by atomic mass is 9.94. The normalized spacial score (nSPS) is 17.4. The smallest absolute Gasteiger partial charge is 0.243 e. The third kappa shape index (κ3) is 1.95. The van der Waals surface area contributed by atoms with E-state index in [1.165, 1.54) is 16.6 Å². The second-order valence-electron chi connectivity index (χ2n) is 3.90. The first-order valence-corrected chi connectivity index (χ1v) is 6.94. The molecule has 0 spiro atoms. The summed E-state index contributed by atoms with van der Waals surface area (Å²) in [7, 11) is -1.89. The third-order valence-corrected chi connectivity index (χ3v) is 5.33. The Morgan fingerprint density at radius 1 is 1.50 bits per heavy atom. The highest BCUT2D eigenvalue weighted by Crippen LogP contribution is 2.30. The molecule has 0 aromatic carbocycles. The Labute approximate surface area is 100 Å². The fraction of sp³-hybridized carbons (Fsp3) is 0.500. The number of hydrogen-bond acceptors (Lipinski definition) is 3. The van der Waals surface area contributed by atoms with E-state index in [-0.39, 0.29) is 16.1 Å². The quantitative estimate of drug-likeness (QED) is 0.780. The Kier molecular flexibility index (Phi) is 3.19. The van der Waals surface area contributed by atoms with E-state index < -0.39 is 10.0 Å². The van der Waals surface area contributed by atoms with Crippen LogP contribution in [0.15, 0.2) is 23.2 Å². The van der Waals surface area contributed by atoms with E-state index in [4.69, 9.17) is 11.6 Å². The molecular weight excluding hydrogens is 248 g/mol. The van der Waals surface area contributed by atoms with Gasteiger partial charge in [0, 0.05) is 19.3 Å². The van der Waals surface area contributed by atoms with E-state index >= 15 is 0 Å². The summed E-state index contributed by atoms with van der Waals surface area (Å²) in [5, 5.41) is 0.0358. The van der Waals surface area contributed by atoms with Gasteiger partial charge in [0.25, 0.3) is 0 Å². The standard InChI is InChI=1S/C10H13ClN2O2S/c1-13(8-4-2-5-8)16(14,15)9-6-3-7-12-10(9)11/h3,6-8H,2,4-5H2,1H3. The number of pyridine rings is 1. The first kappa shape index (κ1) is 11.8. The number of nitrogens with zero attached hydrogens (tertiary/aromatic N) is 2. The van der Waals surface area contributed by atoms with E-state index in [9.17, 15) is 8.42 Å². The molecule has 1 aliphatic rings. The van der Waals surface area contributed by atoms with Gasteiger partial charge < -0.3 is 0 Å². The molecule has 6 heteroatoms. The highest BCUT2D eigenvalue weighted by atomic mass is 35.5. The van der Waals surface area contributed by atoms with E-state index in [1.54, 1.807) is 13.1 Å². The van der Waals surface area contributed by atoms with Crippen LogP contribution in [-0.2, 0) is 10.0 Å². The zero-order valence-electron chi connectivity index (χ0n) is 8.93. The van der Waals surface area contributed by atoms with Crippen molar-refractivity contribution >= 4 is 21.6 Å². The minimum absolute atomic E-state index is 0.0358. The average molecular weight is 261 g/mol. The number of hydrogen-bond donors (Lipinski definition) is 0. The van der Waals surface area contributed by atoms with Crippen LogP contribution in [0.25, 0.3) is 0 Å². The lowest BCUT2D eigenvalue weighted by Gasteiger charge is -2.33. The molecule has 0 N–H and O–H groups in total. The molecule has 4 nitrogen and oxygen atoms in total. The minimum atomic E-state index is -3.49. The first-order valence-electron chi connectivity index (χ1n) is 5.12. The summed E-state index contributed by atoms with van der Waals surface area (Å²) in [4.78, 5) is 3.88. The van der Waals surface area contributed by atoms with Crippen LogP contribution in [0, 0.1) is 0 Å². The summed E-state index contributed by atoms with van der Waals surface area (Å²) in [5.74, 6) is 0. The van der Waals surface area contributed by atoms with E-state index in [0.717, 1.165) is 19.3 Å². The monoisotopic (exact) mass is 260 g/mol. The zero-order chi connectivity index (χ0) is 11.8. The molecule has 0 atom stereocenters. The molecule has 0 unspecified atom stereocenters. The van der Waals surface area contributed by atoms with Gasteiger partial charge in [-0.05, 0) is 25.0 Å². The van der Waals surface area contributed by atoms with Crippen molar-refractivity contribution < 1.29 is 8.42 Å². The summed E-state index contributed by atoms with van der Waals surface area (Å²) in [5.41, 5.74) is 0. The van der Waals surface area contributed by atoms with E-state index in [1.807, 2.05) is 0 Å². The number of aromatic nitrogens is 1. The fourth-order valence-electron chi connectivity index (χ4n) is 1.67. The first-order chi connectivity index (χ1) is 7.53. The van der Waals surface area contributed by atoms with Crippen LogP contribution in [0.1, 0.15) is 19.3 Å². The molecule has 1 aliphatic carbocycles. The summed E-state index contributed by atoms with van der Waals surface area (Å²) in [6, 6.07) is 3.17. The van der Waals surface area contributed by atoms with Gasteiger partial charge >= 0.3 is 0 Å². The molecule has 1 aromatic rings. The van der Waals surface area contributed by atoms with Crippen molar-refractivity contribution in [3.8, 4) is 0 Å². The molecule has 0 saturated heterocycles. The van der Waals surface area contributed by atoms with Gasteiger partial charge in [0.1, 0.15) is 10.0 Å². The maximum atomic E-state index is 12.2. The molecule has 1 aromatic heterocycles. The van der Waals surface area contributed by atoms with E-state index in [2.05, 4.69) is 4.98 Å². The molecule has 2 rings (SSSR count). The summed E-state index contributed by atoms with van der Waals surface area (Å²) < 4.78 is 25.8. The summed E-state index contributed by atoms with van der Waals surface area (Å²) >= 11 is 5.80. The van der Waals surface area contributed by atoms with Gasteiger partial charge in [-0.3, -0.25) is 0 Å². The van der Waals surface area contributed by atoms with Gasteiger partial charge in [-0.2, -0.15) is 4.31 Å². The molecule has 88 valence electrons. The Bertz CT molecular complexity index is 485. The van der Waals surface area contributed by atoms with Crippen LogP contribution in [-0.4, -0.2) is 30.8 Å². The van der Waals surface area contributed by atoms with Crippen molar-refractivity contribution in [2.24, 2.45) is 0 Å². The number of sulfonamides is 1. The molecule has 0 amide bonds. The second kappa shape index (κ2) is 4.31. The molecule has 16 heavy (non-hydrogen) atoms. The Morgan fingerprint density at radius 3 is 2.69 bits per heavy atom. The maximum absolute atomic E-state index is 12.2. The van der Waals surface area contributed by atoms with Crippen LogP contribution in [0.3, 0.4) is 0 Å². The Morgan fingerprint density at radius 2 is 2.19 bits per heavy atom. The highest BCUT2D eigenvalue weighted by Gasteiger charge is 2.33. The molecule has 1 heterocycles. The fourth-order valence-corrected chi connectivity index (χ4v) is 3.51. The van der Waals surface area contributed by atoms with Gasteiger partial charge in [0.05, 0.1) is 0 Å². The Balaban J connectivity index is 2.35. The number of halogens is 1. The summed E-state index contributed by atoms with van der Waals surface area (Å²) in [6.45, 7) is 0. The molecule has 0 aliphatic heterocycles. The highest BCUT2D eigenvalue weighted by molar-refractivity contribution is 7.89. The van der Waals surface area contributed by atoms with Crippen LogP contribution in [0.4, 0.5) is 0 Å². The predicted molar refractivity (Wildman–Crippen MR) is 61.8 cm³/mol. The molecule has 0 bridgehead atoms. The van der Waals surface area contributed by atoms with Crippen molar-refractivity contribution in [1.82, 2.24) is 9.29 Å². The van der Waals surface area contributed by atoms with Gasteiger partial charge in [0.2, 0.25) is 10.0 Å². The minimum Gasteiger partial charge on any atom is -0.243 e. The Hall–Kier alpha value is -0.650. The number of rotatable bonds is 3. The van der Waals surface area contributed by atoms with Crippen LogP contribution < -0.4 is 0 Å². The molecule has 1 fully saturated rings. The SMILES string of the molecule is CN(C1CCC1)S(=O)(=O)c1cccnc1Cl. The second-order valence-corrected chi connectivity index (χ2v) is 6.22. The lowest BCUT2D eigenvalue weighted by Crippen LogP contribution is -2.41. The molecular formula is C10H13ClN2O2S. The van der Waals surface area contributed by atoms with Crippen LogP contribution >= 0.6 is 11.6 Å². The lowest BCUT2D eigenvalue weighted by molar-refractivity contribution is 0.249. The summed E-state index contributed by atoms with van der Waals surface area (Å²) in [6.07, 6.45) is 4.41. The largest absolute Gasteiger partial charge is 0.246 e. The van der Waals surface area contributed by atoms with E-state index in [0.29, 0.717) is 0 Å². The van der Waals surface area contributed by atoms with Crippen molar-refractivity contribution in [3.05, 3.63) is 23.5 Å². The third-order valence-electron chi connectivity index (χ3n) is 2.97. The zero-order valence-corrected chi connectivity index (χ0v) is 10.5. The van der Waals surface area contributed by atoms with Crippen molar-refractivity contribution in [1.29, 1.82) is 0 Å². The van der Waals surface area contributed by atoms with Crippen molar-refractivity contribution in [3.63, 3.8) is 0 Å². The van der Waals surface area contributed by atoms with Crippen LogP contribution in [0.2, 0.25) is 5.15 Å². The molecule has 0 radical (unpaired) electrons. The van der Waals surface area contributed by atoms with Crippen molar-refractivity contribution in [2.45, 2.75) is 30.2 Å². The van der Waals surface area contributed by atoms with Crippen LogP contribution in [0.5, 0.6) is 0 Å².